The molecule has 7 heteroatoms. The molecule has 102 valence electrons. The lowest BCUT2D eigenvalue weighted by molar-refractivity contribution is -0.384. The van der Waals surface area contributed by atoms with E-state index in [-0.39, 0.29) is 28.9 Å². The molecule has 0 bridgehead atoms. The second kappa shape index (κ2) is 5.66. The second-order valence-electron chi connectivity index (χ2n) is 4.33. The van der Waals surface area contributed by atoms with E-state index in [1.807, 2.05) is 0 Å². The molecule has 0 aliphatic carbocycles. The number of nitro benzene ring substituents is 1. The Balaban J connectivity index is 2.11. The summed E-state index contributed by atoms with van der Waals surface area (Å²) in [6, 6.07) is 3.52. The average molecular weight is 266 g/mol. The number of phenolic OH excluding ortho intramolecular Hbond substituents is 1. The van der Waals surface area contributed by atoms with Crippen molar-refractivity contribution in [3.8, 4) is 5.75 Å². The van der Waals surface area contributed by atoms with E-state index in [4.69, 9.17) is 4.74 Å². The molecule has 1 aliphatic rings. The standard InChI is InChI=1S/C12H14N2O5/c15-11-2-1-9(14(17)18)7-10(11)13-12(16)8-3-5-19-6-4-8/h1-2,7-8,15H,3-6H2,(H,13,16). The summed E-state index contributed by atoms with van der Waals surface area (Å²) in [5.74, 6) is -0.627. The lowest BCUT2D eigenvalue weighted by Crippen LogP contribution is -2.28. The number of carbonyl (C=O) groups is 1. The van der Waals surface area contributed by atoms with Crippen LogP contribution in [0.3, 0.4) is 0 Å². The van der Waals surface area contributed by atoms with Crippen LogP contribution in [-0.4, -0.2) is 29.2 Å². The smallest absolute Gasteiger partial charge is 0.271 e. The third-order valence-electron chi connectivity index (χ3n) is 3.04. The second-order valence-corrected chi connectivity index (χ2v) is 4.33. The number of aromatic hydroxyl groups is 1. The van der Waals surface area contributed by atoms with Gasteiger partial charge in [-0.3, -0.25) is 14.9 Å². The van der Waals surface area contributed by atoms with Crippen molar-refractivity contribution in [1.29, 1.82) is 0 Å². The minimum absolute atomic E-state index is 0.0608. The van der Waals surface area contributed by atoms with Gasteiger partial charge in [-0.15, -0.1) is 0 Å². The summed E-state index contributed by atoms with van der Waals surface area (Å²) in [7, 11) is 0. The first-order chi connectivity index (χ1) is 9.08. The van der Waals surface area contributed by atoms with Crippen LogP contribution in [0, 0.1) is 16.0 Å². The van der Waals surface area contributed by atoms with Crippen molar-refractivity contribution in [3.05, 3.63) is 28.3 Å². The van der Waals surface area contributed by atoms with Crippen molar-refractivity contribution in [2.75, 3.05) is 18.5 Å². The third-order valence-corrected chi connectivity index (χ3v) is 3.04. The predicted molar refractivity (Wildman–Crippen MR) is 66.9 cm³/mol. The SMILES string of the molecule is O=C(Nc1cc([N+](=O)[O-])ccc1O)C1CCOCC1. The number of nitrogens with zero attached hydrogens (tertiary/aromatic N) is 1. The van der Waals surface area contributed by atoms with Gasteiger partial charge in [-0.05, 0) is 18.9 Å². The number of carbonyl (C=O) groups excluding carboxylic acids is 1. The van der Waals surface area contributed by atoms with E-state index in [2.05, 4.69) is 5.32 Å². The van der Waals surface area contributed by atoms with Crippen LogP contribution in [0.2, 0.25) is 0 Å². The summed E-state index contributed by atoms with van der Waals surface area (Å²) in [5.41, 5.74) is -0.120. The van der Waals surface area contributed by atoms with Crippen molar-refractivity contribution < 1.29 is 19.6 Å². The van der Waals surface area contributed by atoms with Gasteiger partial charge in [-0.1, -0.05) is 0 Å². The Hall–Kier alpha value is -2.15. The Bertz CT molecular complexity index is 497. The highest BCUT2D eigenvalue weighted by atomic mass is 16.6. The fourth-order valence-electron chi connectivity index (χ4n) is 1.93. The van der Waals surface area contributed by atoms with Gasteiger partial charge in [0.25, 0.3) is 5.69 Å². The molecule has 19 heavy (non-hydrogen) atoms. The molecule has 2 N–H and O–H groups in total. The minimum atomic E-state index is -0.580. The number of benzene rings is 1. The zero-order valence-electron chi connectivity index (χ0n) is 10.2. The molecule has 1 heterocycles. The van der Waals surface area contributed by atoms with E-state index in [0.29, 0.717) is 26.1 Å². The quantitative estimate of drug-likeness (QED) is 0.492. The van der Waals surface area contributed by atoms with E-state index >= 15 is 0 Å². The summed E-state index contributed by atoms with van der Waals surface area (Å²) in [6.45, 7) is 1.05. The number of phenols is 1. The first-order valence-corrected chi connectivity index (χ1v) is 5.94. The molecule has 1 aliphatic heterocycles. The van der Waals surface area contributed by atoms with E-state index in [1.54, 1.807) is 0 Å². The maximum Gasteiger partial charge on any atom is 0.271 e. The van der Waals surface area contributed by atoms with Gasteiger partial charge in [0, 0.05) is 31.3 Å². The molecule has 2 rings (SSSR count). The van der Waals surface area contributed by atoms with Crippen LogP contribution in [-0.2, 0) is 9.53 Å². The van der Waals surface area contributed by atoms with Gasteiger partial charge in [0.1, 0.15) is 5.75 Å². The molecule has 0 radical (unpaired) electrons. The van der Waals surface area contributed by atoms with Gasteiger partial charge >= 0.3 is 0 Å². The zero-order valence-corrected chi connectivity index (χ0v) is 10.2. The number of rotatable bonds is 3. The summed E-state index contributed by atoms with van der Waals surface area (Å²) in [5, 5.41) is 22.8. The van der Waals surface area contributed by atoms with Crippen LogP contribution in [0.25, 0.3) is 0 Å². The monoisotopic (exact) mass is 266 g/mol. The van der Waals surface area contributed by atoms with Gasteiger partial charge in [0.05, 0.1) is 10.6 Å². The fraction of sp³-hybridized carbons (Fsp3) is 0.417. The number of hydrogen-bond acceptors (Lipinski definition) is 5. The molecule has 1 aromatic rings. The van der Waals surface area contributed by atoms with Crippen molar-refractivity contribution >= 4 is 17.3 Å². The molecule has 1 amide bonds. The Morgan fingerprint density at radius 1 is 1.42 bits per heavy atom. The Labute approximate surface area is 109 Å². The van der Waals surface area contributed by atoms with Crippen LogP contribution in [0.4, 0.5) is 11.4 Å². The van der Waals surface area contributed by atoms with E-state index in [1.165, 1.54) is 12.1 Å². The minimum Gasteiger partial charge on any atom is -0.506 e. The van der Waals surface area contributed by atoms with Crippen LogP contribution >= 0.6 is 0 Å². The molecule has 0 spiro atoms. The summed E-state index contributed by atoms with van der Waals surface area (Å²) < 4.78 is 5.16. The van der Waals surface area contributed by atoms with Crippen LogP contribution in [0.1, 0.15) is 12.8 Å². The van der Waals surface area contributed by atoms with Crippen molar-refractivity contribution in [1.82, 2.24) is 0 Å². The van der Waals surface area contributed by atoms with Gasteiger partial charge in [0.15, 0.2) is 0 Å². The first-order valence-electron chi connectivity index (χ1n) is 5.94. The summed E-state index contributed by atoms with van der Waals surface area (Å²) in [6.07, 6.45) is 1.23. The van der Waals surface area contributed by atoms with E-state index in [0.717, 1.165) is 6.07 Å². The Morgan fingerprint density at radius 2 is 2.11 bits per heavy atom. The van der Waals surface area contributed by atoms with Gasteiger partial charge in [-0.2, -0.15) is 0 Å². The van der Waals surface area contributed by atoms with E-state index < -0.39 is 4.92 Å². The maximum absolute atomic E-state index is 12.0. The lowest BCUT2D eigenvalue weighted by Gasteiger charge is -2.21. The van der Waals surface area contributed by atoms with Gasteiger partial charge in [-0.25, -0.2) is 0 Å². The number of nitro groups is 1. The number of amides is 1. The number of hydrogen-bond donors (Lipinski definition) is 2. The van der Waals surface area contributed by atoms with Crippen molar-refractivity contribution in [2.45, 2.75) is 12.8 Å². The molecule has 1 fully saturated rings. The fourth-order valence-corrected chi connectivity index (χ4v) is 1.93. The number of ether oxygens (including phenoxy) is 1. The summed E-state index contributed by atoms with van der Waals surface area (Å²) >= 11 is 0. The molecular formula is C12H14N2O5. The van der Waals surface area contributed by atoms with Crippen LogP contribution in [0.15, 0.2) is 18.2 Å². The number of anilines is 1. The topological polar surface area (TPSA) is 102 Å². The number of nitrogens with one attached hydrogen (secondary N) is 1. The predicted octanol–water partition coefficient (Wildman–Crippen LogP) is 1.67. The molecule has 0 atom stereocenters. The molecule has 1 saturated heterocycles. The first kappa shape index (κ1) is 13.3. The highest BCUT2D eigenvalue weighted by molar-refractivity contribution is 5.94. The molecule has 0 aromatic heterocycles. The molecular weight excluding hydrogens is 252 g/mol. The van der Waals surface area contributed by atoms with Gasteiger partial charge < -0.3 is 15.2 Å². The molecule has 1 aromatic carbocycles. The van der Waals surface area contributed by atoms with E-state index in [9.17, 15) is 20.0 Å². The third kappa shape index (κ3) is 3.19. The summed E-state index contributed by atoms with van der Waals surface area (Å²) in [4.78, 5) is 22.0. The number of non-ortho nitro benzene ring substituents is 1. The average Bonchev–Trinajstić information content (AvgIpc) is 2.42. The lowest BCUT2D eigenvalue weighted by atomic mass is 9.99. The molecule has 0 saturated carbocycles. The molecule has 0 unspecified atom stereocenters. The van der Waals surface area contributed by atoms with Crippen LogP contribution in [0.5, 0.6) is 5.75 Å². The normalized spacial score (nSPS) is 16.0. The highest BCUT2D eigenvalue weighted by Gasteiger charge is 2.23. The Morgan fingerprint density at radius 3 is 2.74 bits per heavy atom. The van der Waals surface area contributed by atoms with Crippen LogP contribution < -0.4 is 5.32 Å². The van der Waals surface area contributed by atoms with Crippen molar-refractivity contribution in [3.63, 3.8) is 0 Å². The largest absolute Gasteiger partial charge is 0.506 e. The zero-order chi connectivity index (χ0) is 13.8. The highest BCUT2D eigenvalue weighted by Crippen LogP contribution is 2.29. The molecule has 7 nitrogen and oxygen atoms in total. The van der Waals surface area contributed by atoms with Crippen molar-refractivity contribution in [2.24, 2.45) is 5.92 Å². The van der Waals surface area contributed by atoms with Gasteiger partial charge in [0.2, 0.25) is 5.91 Å². The maximum atomic E-state index is 12.0. The Kier molecular flexibility index (Phi) is 3.96.